The first-order chi connectivity index (χ1) is 10.3. The van der Waals surface area contributed by atoms with E-state index in [1.165, 1.54) is 11.3 Å². The van der Waals surface area contributed by atoms with Gasteiger partial charge >= 0.3 is 0 Å². The van der Waals surface area contributed by atoms with Gasteiger partial charge in [-0.15, -0.1) is 11.3 Å². The van der Waals surface area contributed by atoms with E-state index < -0.39 is 0 Å². The second kappa shape index (κ2) is 7.02. The van der Waals surface area contributed by atoms with E-state index >= 15 is 0 Å². The summed E-state index contributed by atoms with van der Waals surface area (Å²) in [6.45, 7) is 7.84. The topological polar surface area (TPSA) is 73.9 Å². The van der Waals surface area contributed by atoms with Gasteiger partial charge in [-0.1, -0.05) is 20.8 Å². The number of anilines is 1. The lowest BCUT2D eigenvalue weighted by Crippen LogP contribution is -2.24. The molecule has 1 amide bonds. The van der Waals surface area contributed by atoms with Crippen molar-refractivity contribution in [2.45, 2.75) is 39.2 Å². The predicted molar refractivity (Wildman–Crippen MR) is 89.0 cm³/mol. The van der Waals surface area contributed by atoms with Gasteiger partial charge < -0.3 is 10.2 Å². The summed E-state index contributed by atoms with van der Waals surface area (Å²) in [5.74, 6) is -0.0122. The van der Waals surface area contributed by atoms with Gasteiger partial charge in [0, 0.05) is 42.2 Å². The van der Waals surface area contributed by atoms with Crippen LogP contribution in [0.5, 0.6) is 0 Å². The first-order valence-electron chi connectivity index (χ1n) is 7.27. The molecular formula is C15H23N5OS. The number of aromatic amines is 1. The fraction of sp³-hybridized carbons (Fsp3) is 0.533. The van der Waals surface area contributed by atoms with Crippen molar-refractivity contribution in [3.63, 3.8) is 0 Å². The number of nitrogens with zero attached hydrogens (tertiary/aromatic N) is 3. The highest BCUT2D eigenvalue weighted by molar-refractivity contribution is 7.13. The number of H-pyrrole nitrogens is 1. The van der Waals surface area contributed by atoms with Crippen LogP contribution in [-0.4, -0.2) is 39.6 Å². The Balaban J connectivity index is 1.77. The highest BCUT2D eigenvalue weighted by Crippen LogP contribution is 2.20. The van der Waals surface area contributed by atoms with Crippen LogP contribution in [0.3, 0.4) is 0 Å². The van der Waals surface area contributed by atoms with Crippen molar-refractivity contribution >= 4 is 22.4 Å². The van der Waals surface area contributed by atoms with Gasteiger partial charge in [0.1, 0.15) is 0 Å². The Labute approximate surface area is 135 Å². The Kier molecular flexibility index (Phi) is 5.31. The van der Waals surface area contributed by atoms with E-state index in [0.717, 1.165) is 17.9 Å². The lowest BCUT2D eigenvalue weighted by atomic mass is 9.92. The molecule has 0 saturated heterocycles. The molecule has 0 bridgehead atoms. The van der Waals surface area contributed by atoms with Gasteiger partial charge in [-0.3, -0.25) is 9.89 Å². The van der Waals surface area contributed by atoms with Crippen molar-refractivity contribution in [3.8, 4) is 0 Å². The molecule has 0 spiro atoms. The molecule has 2 aromatic heterocycles. The largest absolute Gasteiger partial charge is 0.302 e. The maximum atomic E-state index is 11.8. The normalized spacial score (nSPS) is 11.9. The minimum absolute atomic E-state index is 0.0122. The number of amides is 1. The lowest BCUT2D eigenvalue weighted by molar-refractivity contribution is -0.116. The second-order valence-electron chi connectivity index (χ2n) is 6.40. The molecule has 2 heterocycles. The molecular weight excluding hydrogens is 298 g/mol. The third-order valence-electron chi connectivity index (χ3n) is 3.24. The zero-order valence-electron chi connectivity index (χ0n) is 13.5. The average Bonchev–Trinajstić information content (AvgIpc) is 3.07. The molecule has 6 nitrogen and oxygen atoms in total. The van der Waals surface area contributed by atoms with Crippen molar-refractivity contribution in [1.82, 2.24) is 20.1 Å². The Hall–Kier alpha value is -1.73. The second-order valence-corrected chi connectivity index (χ2v) is 7.30. The van der Waals surface area contributed by atoms with Gasteiger partial charge in [0.2, 0.25) is 5.91 Å². The predicted octanol–water partition coefficient (Wildman–Crippen LogP) is 2.62. The third kappa shape index (κ3) is 4.92. The number of carbonyl (C=O) groups is 1. The van der Waals surface area contributed by atoms with Crippen LogP contribution < -0.4 is 5.32 Å². The van der Waals surface area contributed by atoms with Gasteiger partial charge in [-0.05, 0) is 13.1 Å². The molecule has 0 aliphatic heterocycles. The van der Waals surface area contributed by atoms with Gasteiger partial charge in [0.25, 0.3) is 0 Å². The number of rotatable bonds is 6. The molecule has 120 valence electrons. The number of hydrogen-bond donors (Lipinski definition) is 2. The summed E-state index contributed by atoms with van der Waals surface area (Å²) in [6, 6.07) is 2.09. The maximum absolute atomic E-state index is 11.8. The minimum atomic E-state index is -0.0122. The number of carbonyl (C=O) groups excluding carboxylic acids is 1. The van der Waals surface area contributed by atoms with E-state index in [-0.39, 0.29) is 11.3 Å². The maximum Gasteiger partial charge on any atom is 0.227 e. The van der Waals surface area contributed by atoms with E-state index in [4.69, 9.17) is 0 Å². The van der Waals surface area contributed by atoms with Crippen molar-refractivity contribution in [3.05, 3.63) is 29.0 Å². The third-order valence-corrected chi connectivity index (χ3v) is 3.93. The quantitative estimate of drug-likeness (QED) is 0.858. The van der Waals surface area contributed by atoms with Crippen LogP contribution in [0, 0.1) is 0 Å². The van der Waals surface area contributed by atoms with Crippen molar-refractivity contribution in [2.24, 2.45) is 0 Å². The van der Waals surface area contributed by atoms with Crippen LogP contribution in [0.25, 0.3) is 0 Å². The molecule has 0 aliphatic carbocycles. The van der Waals surface area contributed by atoms with E-state index in [1.807, 2.05) is 12.4 Å². The van der Waals surface area contributed by atoms with E-state index in [9.17, 15) is 4.79 Å². The van der Waals surface area contributed by atoms with Gasteiger partial charge in [-0.25, -0.2) is 4.98 Å². The Morgan fingerprint density at radius 1 is 1.45 bits per heavy atom. The van der Waals surface area contributed by atoms with Crippen LogP contribution in [-0.2, 0) is 16.8 Å². The first-order valence-corrected chi connectivity index (χ1v) is 8.15. The molecule has 2 N–H and O–H groups in total. The summed E-state index contributed by atoms with van der Waals surface area (Å²) < 4.78 is 0. The first kappa shape index (κ1) is 16.6. The van der Waals surface area contributed by atoms with Crippen molar-refractivity contribution < 1.29 is 4.79 Å². The number of thiazole rings is 1. The van der Waals surface area contributed by atoms with E-state index in [0.29, 0.717) is 18.1 Å². The zero-order chi connectivity index (χ0) is 16.2. The molecule has 0 atom stereocenters. The van der Waals surface area contributed by atoms with Gasteiger partial charge in [0.15, 0.2) is 5.13 Å². The summed E-state index contributed by atoms with van der Waals surface area (Å²) in [4.78, 5) is 17.9. The lowest BCUT2D eigenvalue weighted by Gasteiger charge is -2.15. The Morgan fingerprint density at radius 2 is 2.23 bits per heavy atom. The van der Waals surface area contributed by atoms with Crippen LogP contribution in [0.2, 0.25) is 0 Å². The summed E-state index contributed by atoms with van der Waals surface area (Å²) in [6.07, 6.45) is 2.12. The van der Waals surface area contributed by atoms with Gasteiger partial charge in [0.05, 0.1) is 5.69 Å². The van der Waals surface area contributed by atoms with Crippen LogP contribution in [0.15, 0.2) is 17.6 Å². The summed E-state index contributed by atoms with van der Waals surface area (Å²) in [7, 11) is 1.99. The SMILES string of the molecule is CN(CCC(=O)Nc1nccs1)Cc1cc(C(C)(C)C)n[nH]1. The average molecular weight is 321 g/mol. The molecule has 22 heavy (non-hydrogen) atoms. The monoisotopic (exact) mass is 321 g/mol. The standard InChI is InChI=1S/C15H23N5OS/c1-15(2,3)12-9-11(18-19-12)10-20(4)7-5-13(21)17-14-16-6-8-22-14/h6,8-9H,5,7,10H2,1-4H3,(H,18,19)(H,16,17,21). The molecule has 0 fully saturated rings. The summed E-state index contributed by atoms with van der Waals surface area (Å²) in [5.41, 5.74) is 2.16. The zero-order valence-corrected chi connectivity index (χ0v) is 14.3. The smallest absolute Gasteiger partial charge is 0.227 e. The number of aromatic nitrogens is 3. The van der Waals surface area contributed by atoms with Crippen LogP contribution in [0.4, 0.5) is 5.13 Å². The summed E-state index contributed by atoms with van der Waals surface area (Å²) in [5, 5.41) is 12.7. The van der Waals surface area contributed by atoms with Crippen LogP contribution >= 0.6 is 11.3 Å². The number of nitrogens with one attached hydrogen (secondary N) is 2. The van der Waals surface area contributed by atoms with E-state index in [1.54, 1.807) is 6.20 Å². The highest BCUT2D eigenvalue weighted by Gasteiger charge is 2.17. The molecule has 0 unspecified atom stereocenters. The molecule has 0 aliphatic rings. The highest BCUT2D eigenvalue weighted by atomic mass is 32.1. The minimum Gasteiger partial charge on any atom is -0.302 e. The fourth-order valence-electron chi connectivity index (χ4n) is 1.96. The van der Waals surface area contributed by atoms with Crippen LogP contribution in [0.1, 0.15) is 38.6 Å². The van der Waals surface area contributed by atoms with Crippen molar-refractivity contribution in [1.29, 1.82) is 0 Å². The fourth-order valence-corrected chi connectivity index (χ4v) is 2.50. The summed E-state index contributed by atoms with van der Waals surface area (Å²) >= 11 is 1.42. The Bertz CT molecular complexity index is 600. The number of hydrogen-bond acceptors (Lipinski definition) is 5. The molecule has 7 heteroatoms. The molecule has 0 radical (unpaired) electrons. The molecule has 2 aromatic rings. The van der Waals surface area contributed by atoms with E-state index in [2.05, 4.69) is 52.2 Å². The molecule has 2 rings (SSSR count). The van der Waals surface area contributed by atoms with Gasteiger partial charge in [-0.2, -0.15) is 5.10 Å². The molecule has 0 aromatic carbocycles. The molecule has 0 saturated carbocycles. The Morgan fingerprint density at radius 3 is 2.82 bits per heavy atom. The van der Waals surface area contributed by atoms with Crippen molar-refractivity contribution in [2.75, 3.05) is 18.9 Å².